The van der Waals surface area contributed by atoms with Crippen LogP contribution in [-0.4, -0.2) is 80.2 Å². The van der Waals surface area contributed by atoms with E-state index in [2.05, 4.69) is 5.32 Å². The van der Waals surface area contributed by atoms with Crippen molar-refractivity contribution in [1.82, 2.24) is 9.62 Å². The van der Waals surface area contributed by atoms with Crippen LogP contribution in [-0.2, 0) is 37.4 Å². The van der Waals surface area contributed by atoms with Crippen molar-refractivity contribution in [2.45, 2.75) is 49.8 Å². The minimum Gasteiger partial charge on any atom is -0.496 e. The van der Waals surface area contributed by atoms with Crippen molar-refractivity contribution in [2.24, 2.45) is 0 Å². The monoisotopic (exact) mass is 640 g/mol. The molecule has 0 aromatic heterocycles. The van der Waals surface area contributed by atoms with Gasteiger partial charge >= 0.3 is 11.9 Å². The van der Waals surface area contributed by atoms with E-state index in [-0.39, 0.29) is 29.8 Å². The van der Waals surface area contributed by atoms with Crippen LogP contribution in [0.25, 0.3) is 11.1 Å². The van der Waals surface area contributed by atoms with Gasteiger partial charge < -0.3 is 29.7 Å². The molecule has 2 atom stereocenters. The highest BCUT2D eigenvalue weighted by atomic mass is 32.2. The maximum atomic E-state index is 13.3. The van der Waals surface area contributed by atoms with E-state index in [1.807, 2.05) is 19.1 Å². The van der Waals surface area contributed by atoms with Gasteiger partial charge in [0.15, 0.2) is 0 Å². The number of rotatable bonds is 14. The summed E-state index contributed by atoms with van der Waals surface area (Å²) in [5, 5.41) is 21.5. The van der Waals surface area contributed by atoms with Gasteiger partial charge in [-0.25, -0.2) is 18.0 Å². The number of sulfonamides is 1. The molecule has 0 aliphatic carbocycles. The highest BCUT2D eigenvalue weighted by Gasteiger charge is 2.40. The first-order valence-electron chi connectivity index (χ1n) is 14.3. The Morgan fingerprint density at radius 3 is 2.11 bits per heavy atom. The molecule has 1 fully saturated rings. The van der Waals surface area contributed by atoms with Gasteiger partial charge in [-0.1, -0.05) is 24.3 Å². The van der Waals surface area contributed by atoms with Crippen LogP contribution in [0, 0.1) is 0 Å². The molecule has 12 nitrogen and oxygen atoms in total. The van der Waals surface area contributed by atoms with Gasteiger partial charge in [-0.2, -0.15) is 4.31 Å². The van der Waals surface area contributed by atoms with Crippen molar-refractivity contribution in [3.8, 4) is 22.6 Å². The summed E-state index contributed by atoms with van der Waals surface area (Å²) in [4.78, 5) is 36.4. The molecule has 0 unspecified atom stereocenters. The molecule has 13 heteroatoms. The summed E-state index contributed by atoms with van der Waals surface area (Å²) in [5.41, 5.74) is 2.93. The molecule has 45 heavy (non-hydrogen) atoms. The van der Waals surface area contributed by atoms with Crippen LogP contribution in [0.4, 0.5) is 0 Å². The summed E-state index contributed by atoms with van der Waals surface area (Å²) in [7, 11) is -1.02. The Bertz CT molecular complexity index is 1610. The van der Waals surface area contributed by atoms with Gasteiger partial charge in [0.1, 0.15) is 23.6 Å². The number of methoxy groups -OCH3 is 2. The third-order valence-corrected chi connectivity index (χ3v) is 9.47. The maximum absolute atomic E-state index is 13.3. The second-order valence-corrected chi connectivity index (χ2v) is 12.3. The zero-order chi connectivity index (χ0) is 32.7. The van der Waals surface area contributed by atoms with Gasteiger partial charge in [-0.05, 0) is 72.9 Å². The highest BCUT2D eigenvalue weighted by molar-refractivity contribution is 7.89. The quantitative estimate of drug-likeness (QED) is 0.237. The van der Waals surface area contributed by atoms with Gasteiger partial charge in [0.05, 0.1) is 36.8 Å². The van der Waals surface area contributed by atoms with Crippen LogP contribution in [0.15, 0.2) is 65.6 Å². The summed E-state index contributed by atoms with van der Waals surface area (Å²) < 4.78 is 44.4. The first-order chi connectivity index (χ1) is 21.5. The van der Waals surface area contributed by atoms with Crippen LogP contribution in [0.5, 0.6) is 11.5 Å². The predicted octanol–water partition coefficient (Wildman–Crippen LogP) is 3.57. The van der Waals surface area contributed by atoms with E-state index in [0.717, 1.165) is 21.0 Å². The molecule has 1 amide bonds. The van der Waals surface area contributed by atoms with Crippen molar-refractivity contribution in [2.75, 3.05) is 27.4 Å². The lowest BCUT2D eigenvalue weighted by Crippen LogP contribution is -2.51. The number of hydrogen-bond donors (Lipinski definition) is 3. The molecule has 3 aromatic carbocycles. The van der Waals surface area contributed by atoms with E-state index in [1.165, 1.54) is 24.3 Å². The van der Waals surface area contributed by atoms with Gasteiger partial charge in [-0.3, -0.25) is 4.79 Å². The Balaban J connectivity index is 1.50. The summed E-state index contributed by atoms with van der Waals surface area (Å²) in [6.45, 7) is 2.94. The summed E-state index contributed by atoms with van der Waals surface area (Å²) in [6, 6.07) is 13.1. The average Bonchev–Trinajstić information content (AvgIpc) is 3.55. The molecule has 0 saturated carbocycles. The molecule has 0 radical (unpaired) electrons. The summed E-state index contributed by atoms with van der Waals surface area (Å²) in [6.07, 6.45) is 0.578. The molecule has 1 aliphatic heterocycles. The largest absolute Gasteiger partial charge is 0.496 e. The fourth-order valence-corrected chi connectivity index (χ4v) is 6.92. The minimum absolute atomic E-state index is 0.0426. The number of ether oxygens (including phenoxy) is 3. The van der Waals surface area contributed by atoms with E-state index in [9.17, 15) is 27.9 Å². The van der Waals surface area contributed by atoms with Crippen LogP contribution in [0.3, 0.4) is 0 Å². The van der Waals surface area contributed by atoms with Crippen molar-refractivity contribution >= 4 is 27.9 Å². The topological polar surface area (TPSA) is 169 Å². The molecule has 4 rings (SSSR count). The molecule has 240 valence electrons. The third kappa shape index (κ3) is 7.62. The molecule has 3 aromatic rings. The molecular formula is C32H36N2O10S. The third-order valence-electron chi connectivity index (χ3n) is 7.55. The van der Waals surface area contributed by atoms with E-state index >= 15 is 0 Å². The smallest absolute Gasteiger partial charge is 0.335 e. The number of nitrogens with one attached hydrogen (secondary N) is 1. The Labute approximate surface area is 261 Å². The lowest BCUT2D eigenvalue weighted by atomic mass is 9.98. The van der Waals surface area contributed by atoms with Gasteiger partial charge in [0.25, 0.3) is 0 Å². The molecule has 3 N–H and O–H groups in total. The number of carboxylic acids is 2. The highest BCUT2D eigenvalue weighted by Crippen LogP contribution is 2.40. The molecule has 0 bridgehead atoms. The first kappa shape index (κ1) is 33.4. The van der Waals surface area contributed by atoms with Gasteiger partial charge in [0.2, 0.25) is 15.9 Å². The van der Waals surface area contributed by atoms with Gasteiger partial charge in [-0.15, -0.1) is 0 Å². The minimum atomic E-state index is -4.14. The molecule has 0 spiro atoms. The number of amides is 1. The molecule has 1 aliphatic rings. The van der Waals surface area contributed by atoms with Crippen LogP contribution in [0.1, 0.15) is 41.3 Å². The Kier molecular flexibility index (Phi) is 10.8. The van der Waals surface area contributed by atoms with Crippen molar-refractivity contribution in [1.29, 1.82) is 0 Å². The summed E-state index contributed by atoms with van der Waals surface area (Å²) in [5.74, 6) is -2.01. The van der Waals surface area contributed by atoms with Crippen molar-refractivity contribution in [3.05, 3.63) is 77.4 Å². The number of carboxylic acid groups (broad SMARTS) is 2. The van der Waals surface area contributed by atoms with E-state index in [4.69, 9.17) is 19.3 Å². The Hall–Kier alpha value is -4.46. The number of nitrogens with zero attached hydrogens (tertiary/aromatic N) is 1. The zero-order valence-electron chi connectivity index (χ0n) is 25.2. The van der Waals surface area contributed by atoms with Gasteiger partial charge in [0, 0.05) is 19.6 Å². The lowest BCUT2D eigenvalue weighted by Gasteiger charge is -2.25. The fraction of sp³-hybridized carbons (Fsp3) is 0.344. The second-order valence-electron chi connectivity index (χ2n) is 10.4. The standard InChI is InChI=1S/C32H36N2O10S/c1-4-44-19-21-17-27(42-2)29(28(18-21)43-3)22-9-7-20(8-10-22)16-25(32(38)39)33-30(35)26-6-5-15-34(26)45(40,41)24-13-11-23(12-14-24)31(36)37/h7-14,17-18,25-26H,4-6,15-16,19H2,1-3H3,(H,33,35)(H,36,37)(H,38,39)/t25-,26-/m0/s1. The predicted molar refractivity (Wildman–Crippen MR) is 164 cm³/mol. The number of hydrogen-bond acceptors (Lipinski definition) is 8. The Morgan fingerprint density at radius 1 is 0.956 bits per heavy atom. The maximum Gasteiger partial charge on any atom is 0.335 e. The average molecular weight is 641 g/mol. The van der Waals surface area contributed by atoms with Crippen molar-refractivity contribution < 1.29 is 47.2 Å². The van der Waals surface area contributed by atoms with E-state index in [0.29, 0.717) is 36.7 Å². The zero-order valence-corrected chi connectivity index (χ0v) is 26.0. The normalized spacial score (nSPS) is 15.8. The van der Waals surface area contributed by atoms with Crippen LogP contribution < -0.4 is 14.8 Å². The fourth-order valence-electron chi connectivity index (χ4n) is 5.26. The number of benzene rings is 3. The second kappa shape index (κ2) is 14.5. The van der Waals surface area contributed by atoms with Crippen molar-refractivity contribution in [3.63, 3.8) is 0 Å². The summed E-state index contributed by atoms with van der Waals surface area (Å²) >= 11 is 0. The Morgan fingerprint density at radius 2 is 1.58 bits per heavy atom. The number of carbonyl (C=O) groups excluding carboxylic acids is 1. The molecule has 1 saturated heterocycles. The number of carbonyl (C=O) groups is 3. The van der Waals surface area contributed by atoms with Crippen LogP contribution >= 0.6 is 0 Å². The number of aliphatic carboxylic acids is 1. The van der Waals surface area contributed by atoms with Crippen LogP contribution in [0.2, 0.25) is 0 Å². The number of aromatic carboxylic acids is 1. The first-order valence-corrected chi connectivity index (χ1v) is 15.7. The molecule has 1 heterocycles. The lowest BCUT2D eigenvalue weighted by molar-refractivity contribution is -0.142. The van der Waals surface area contributed by atoms with E-state index < -0.39 is 40.0 Å². The van der Waals surface area contributed by atoms with E-state index in [1.54, 1.807) is 38.5 Å². The molecular weight excluding hydrogens is 604 g/mol. The SMILES string of the molecule is CCOCc1cc(OC)c(-c2ccc(C[C@H](NC(=O)[C@@H]3CCCN3S(=O)(=O)c3ccc(C(=O)O)cc3)C(=O)O)cc2)c(OC)c1.